The van der Waals surface area contributed by atoms with Crippen LogP contribution in [-0.2, 0) is 10.0 Å². The number of hydrogen-bond acceptors (Lipinski definition) is 4. The number of likely N-dealkylation sites (N-methyl/N-ethyl adjacent to an activating group) is 1. The maximum Gasteiger partial charge on any atom is 0.246 e. The molecule has 0 aromatic heterocycles. The molecule has 0 heterocycles. The van der Waals surface area contributed by atoms with Gasteiger partial charge in [0.1, 0.15) is 10.6 Å². The van der Waals surface area contributed by atoms with Gasteiger partial charge in [0, 0.05) is 31.2 Å². The summed E-state index contributed by atoms with van der Waals surface area (Å²) in [6.07, 6.45) is 0. The first-order chi connectivity index (χ1) is 7.93. The van der Waals surface area contributed by atoms with Gasteiger partial charge in [-0.05, 0) is 12.1 Å². The molecule has 1 rings (SSSR count). The highest BCUT2D eigenvalue weighted by Gasteiger charge is 2.24. The Morgan fingerprint density at radius 1 is 1.47 bits per heavy atom. The molecule has 0 amide bonds. The van der Waals surface area contributed by atoms with Crippen LogP contribution in [0.4, 0.5) is 0 Å². The minimum absolute atomic E-state index is 0.0837. The number of ether oxygens (including phenoxy) is 1. The molecule has 1 aromatic rings. The molecule has 2 N–H and O–H groups in total. The van der Waals surface area contributed by atoms with Gasteiger partial charge in [-0.25, -0.2) is 8.42 Å². The molecule has 0 aliphatic carbocycles. The molecule has 0 saturated heterocycles. The summed E-state index contributed by atoms with van der Waals surface area (Å²) in [5.74, 6) is 0.223. The standard InChI is InChI=1S/C10H15ClN2O3S/c1-13(6-5-12)17(14,15)10-4-3-8(11)7-9(10)16-2/h3-4,7H,5-6,12H2,1-2H3. The Balaban J connectivity index is 3.23. The van der Waals surface area contributed by atoms with Crippen LogP contribution in [0.3, 0.4) is 0 Å². The van der Waals surface area contributed by atoms with E-state index in [1.807, 2.05) is 0 Å². The molecule has 0 radical (unpaired) electrons. The topological polar surface area (TPSA) is 72.6 Å². The molecule has 0 saturated carbocycles. The second-order valence-corrected chi connectivity index (χ2v) is 5.86. The van der Waals surface area contributed by atoms with E-state index in [4.69, 9.17) is 22.1 Å². The lowest BCUT2D eigenvalue weighted by molar-refractivity contribution is 0.398. The van der Waals surface area contributed by atoms with Crippen molar-refractivity contribution in [3.63, 3.8) is 0 Å². The highest BCUT2D eigenvalue weighted by Crippen LogP contribution is 2.28. The number of methoxy groups -OCH3 is 1. The fourth-order valence-electron chi connectivity index (χ4n) is 1.32. The largest absolute Gasteiger partial charge is 0.495 e. The van der Waals surface area contributed by atoms with Gasteiger partial charge in [-0.15, -0.1) is 0 Å². The number of hydrogen-bond donors (Lipinski definition) is 1. The lowest BCUT2D eigenvalue weighted by atomic mass is 10.3. The van der Waals surface area contributed by atoms with Crippen LogP contribution < -0.4 is 10.5 Å². The fourth-order valence-corrected chi connectivity index (χ4v) is 2.80. The molecule has 96 valence electrons. The molecule has 0 spiro atoms. The van der Waals surface area contributed by atoms with Crippen LogP contribution in [0.25, 0.3) is 0 Å². The molecule has 0 atom stereocenters. The molecule has 0 aliphatic rings. The van der Waals surface area contributed by atoms with Gasteiger partial charge in [0.05, 0.1) is 7.11 Å². The molecule has 0 bridgehead atoms. The van der Waals surface area contributed by atoms with E-state index in [2.05, 4.69) is 0 Å². The maximum atomic E-state index is 12.2. The summed E-state index contributed by atoms with van der Waals surface area (Å²) in [6.45, 7) is 0.500. The summed E-state index contributed by atoms with van der Waals surface area (Å²) in [5.41, 5.74) is 5.34. The Hall–Kier alpha value is -0.820. The summed E-state index contributed by atoms with van der Waals surface area (Å²) < 4.78 is 30.5. The zero-order valence-electron chi connectivity index (χ0n) is 9.68. The van der Waals surface area contributed by atoms with Crippen molar-refractivity contribution in [1.82, 2.24) is 4.31 Å². The van der Waals surface area contributed by atoms with E-state index in [0.29, 0.717) is 5.02 Å². The number of nitrogens with zero attached hydrogens (tertiary/aromatic N) is 1. The lowest BCUT2D eigenvalue weighted by Crippen LogP contribution is -2.32. The minimum Gasteiger partial charge on any atom is -0.495 e. The Morgan fingerprint density at radius 3 is 2.65 bits per heavy atom. The van der Waals surface area contributed by atoms with Gasteiger partial charge in [-0.1, -0.05) is 11.6 Å². The normalized spacial score (nSPS) is 11.8. The fraction of sp³-hybridized carbons (Fsp3) is 0.400. The van der Waals surface area contributed by atoms with Gasteiger partial charge in [-0.2, -0.15) is 4.31 Å². The maximum absolute atomic E-state index is 12.2. The second-order valence-electron chi connectivity index (χ2n) is 3.41. The van der Waals surface area contributed by atoms with E-state index in [0.717, 1.165) is 0 Å². The van der Waals surface area contributed by atoms with Crippen molar-refractivity contribution in [3.05, 3.63) is 23.2 Å². The van der Waals surface area contributed by atoms with Crippen molar-refractivity contribution in [2.45, 2.75) is 4.90 Å². The number of nitrogens with two attached hydrogens (primary N) is 1. The number of benzene rings is 1. The molecular weight excluding hydrogens is 264 g/mol. The van der Waals surface area contributed by atoms with E-state index in [-0.39, 0.29) is 23.7 Å². The second kappa shape index (κ2) is 5.68. The molecule has 5 nitrogen and oxygen atoms in total. The van der Waals surface area contributed by atoms with Gasteiger partial charge in [0.2, 0.25) is 10.0 Å². The molecule has 1 aromatic carbocycles. The van der Waals surface area contributed by atoms with Crippen molar-refractivity contribution in [1.29, 1.82) is 0 Å². The van der Waals surface area contributed by atoms with Crippen molar-refractivity contribution in [2.75, 3.05) is 27.2 Å². The minimum atomic E-state index is -3.59. The Labute approximate surface area is 106 Å². The lowest BCUT2D eigenvalue weighted by Gasteiger charge is -2.18. The molecule has 17 heavy (non-hydrogen) atoms. The van der Waals surface area contributed by atoms with E-state index in [1.54, 1.807) is 0 Å². The van der Waals surface area contributed by atoms with Crippen LogP contribution in [0, 0.1) is 0 Å². The molecule has 7 heteroatoms. The third-order valence-electron chi connectivity index (χ3n) is 2.26. The average Bonchev–Trinajstić information content (AvgIpc) is 2.28. The number of halogens is 1. The van der Waals surface area contributed by atoms with Crippen LogP contribution in [0.1, 0.15) is 0 Å². The SMILES string of the molecule is COc1cc(Cl)ccc1S(=O)(=O)N(C)CCN. The van der Waals surface area contributed by atoms with Gasteiger partial charge >= 0.3 is 0 Å². The zero-order valence-corrected chi connectivity index (χ0v) is 11.3. The van der Waals surface area contributed by atoms with Gasteiger partial charge < -0.3 is 10.5 Å². The van der Waals surface area contributed by atoms with E-state index in [1.165, 1.54) is 36.7 Å². The van der Waals surface area contributed by atoms with Crippen molar-refractivity contribution >= 4 is 21.6 Å². The summed E-state index contributed by atoms with van der Waals surface area (Å²) in [5, 5.41) is 0.419. The number of rotatable bonds is 5. The van der Waals surface area contributed by atoms with Crippen LogP contribution in [0.15, 0.2) is 23.1 Å². The summed E-state index contributed by atoms with van der Waals surface area (Å²) in [7, 11) is -0.726. The van der Waals surface area contributed by atoms with Crippen LogP contribution in [-0.4, -0.2) is 40.0 Å². The quantitative estimate of drug-likeness (QED) is 0.870. The summed E-state index contributed by atoms with van der Waals surface area (Å²) in [6, 6.07) is 4.39. The predicted molar refractivity (Wildman–Crippen MR) is 66.9 cm³/mol. The van der Waals surface area contributed by atoms with Gasteiger partial charge in [0.15, 0.2) is 0 Å². The van der Waals surface area contributed by atoms with E-state index >= 15 is 0 Å². The van der Waals surface area contributed by atoms with Crippen molar-refractivity contribution in [3.8, 4) is 5.75 Å². The molecule has 0 unspecified atom stereocenters. The third-order valence-corrected chi connectivity index (χ3v) is 4.39. The number of sulfonamides is 1. The molecule has 0 fully saturated rings. The van der Waals surface area contributed by atoms with Crippen molar-refractivity contribution < 1.29 is 13.2 Å². The van der Waals surface area contributed by atoms with Crippen LogP contribution in [0.2, 0.25) is 5.02 Å². The first-order valence-electron chi connectivity index (χ1n) is 4.93. The zero-order chi connectivity index (χ0) is 13.1. The monoisotopic (exact) mass is 278 g/mol. The Morgan fingerprint density at radius 2 is 2.12 bits per heavy atom. The average molecular weight is 279 g/mol. The molecular formula is C10H15ClN2O3S. The van der Waals surface area contributed by atoms with Crippen molar-refractivity contribution in [2.24, 2.45) is 5.73 Å². The first-order valence-corrected chi connectivity index (χ1v) is 6.75. The highest BCUT2D eigenvalue weighted by molar-refractivity contribution is 7.89. The third kappa shape index (κ3) is 3.10. The Bertz CT molecular complexity index is 490. The predicted octanol–water partition coefficient (Wildman–Crippen LogP) is 0.928. The smallest absolute Gasteiger partial charge is 0.246 e. The van der Waals surface area contributed by atoms with E-state index < -0.39 is 10.0 Å². The van der Waals surface area contributed by atoms with Crippen LogP contribution >= 0.6 is 11.6 Å². The molecule has 0 aliphatic heterocycles. The van der Waals surface area contributed by atoms with E-state index in [9.17, 15) is 8.42 Å². The van der Waals surface area contributed by atoms with Gasteiger partial charge in [-0.3, -0.25) is 0 Å². The van der Waals surface area contributed by atoms with Crippen LogP contribution in [0.5, 0.6) is 5.75 Å². The Kier molecular flexibility index (Phi) is 4.76. The first kappa shape index (κ1) is 14.2. The highest BCUT2D eigenvalue weighted by atomic mass is 35.5. The summed E-state index contributed by atoms with van der Waals surface area (Å²) >= 11 is 5.78. The van der Waals surface area contributed by atoms with Gasteiger partial charge in [0.25, 0.3) is 0 Å². The summed E-state index contributed by atoms with van der Waals surface area (Å²) in [4.78, 5) is 0.0837.